The largest absolute Gasteiger partial charge is 0.573 e. The number of thiazole rings is 1. The summed E-state index contributed by atoms with van der Waals surface area (Å²) in [5.74, 6) is -0.297. The highest BCUT2D eigenvalue weighted by Crippen LogP contribution is 2.26. The van der Waals surface area contributed by atoms with Crippen LogP contribution in [0.25, 0.3) is 10.2 Å². The molecule has 0 aliphatic carbocycles. The molecule has 0 bridgehead atoms. The Morgan fingerprint density at radius 1 is 1.15 bits per heavy atom. The molecule has 0 aliphatic heterocycles. The van der Waals surface area contributed by atoms with E-state index in [0.29, 0.717) is 11.4 Å². The van der Waals surface area contributed by atoms with Crippen LogP contribution in [0.3, 0.4) is 0 Å². The number of aromatic nitrogens is 1. The predicted molar refractivity (Wildman–Crippen MR) is 91.6 cm³/mol. The van der Waals surface area contributed by atoms with Crippen LogP contribution >= 0.6 is 11.3 Å². The fourth-order valence-corrected chi connectivity index (χ4v) is 3.01. The minimum atomic E-state index is -4.75. The first-order valence-corrected chi connectivity index (χ1v) is 8.26. The van der Waals surface area contributed by atoms with Gasteiger partial charge in [-0.2, -0.15) is 0 Å². The lowest BCUT2D eigenvalue weighted by Crippen LogP contribution is -2.20. The second-order valence-electron chi connectivity index (χ2n) is 5.27. The van der Waals surface area contributed by atoms with Gasteiger partial charge in [-0.05, 0) is 43.3 Å². The lowest BCUT2D eigenvalue weighted by molar-refractivity contribution is -0.274. The molecule has 3 rings (SSSR count). The number of benzene rings is 2. The summed E-state index contributed by atoms with van der Waals surface area (Å²) in [6, 6.07) is 10.2. The van der Waals surface area contributed by atoms with Crippen molar-refractivity contribution in [3.63, 3.8) is 0 Å². The lowest BCUT2D eigenvalue weighted by atomic mass is 10.3. The molecule has 0 fully saturated rings. The van der Waals surface area contributed by atoms with Crippen molar-refractivity contribution in [3.8, 4) is 11.5 Å². The van der Waals surface area contributed by atoms with E-state index in [1.807, 2.05) is 13.0 Å². The molecule has 0 aliphatic rings. The zero-order valence-corrected chi connectivity index (χ0v) is 14.3. The molecule has 0 atom stereocenters. The van der Waals surface area contributed by atoms with Crippen molar-refractivity contribution in [1.29, 1.82) is 0 Å². The van der Waals surface area contributed by atoms with Crippen molar-refractivity contribution in [2.24, 2.45) is 0 Å². The van der Waals surface area contributed by atoms with Gasteiger partial charge in [0.2, 0.25) is 0 Å². The first-order valence-electron chi connectivity index (χ1n) is 7.44. The number of alkyl halides is 3. The second-order valence-corrected chi connectivity index (χ2v) is 6.51. The van der Waals surface area contributed by atoms with Gasteiger partial charge in [0.15, 0.2) is 6.61 Å². The standard InChI is InChI=1S/C17H13F3N2O3S/c1-10-21-14-8-13(6-7-15(14)26-10)24-9-16(23)22-11-2-4-12(5-3-11)25-17(18,19)20/h2-8H,9H2,1H3,(H,22,23). The minimum Gasteiger partial charge on any atom is -0.484 e. The molecule has 1 amide bonds. The zero-order valence-electron chi connectivity index (χ0n) is 13.5. The van der Waals surface area contributed by atoms with Crippen LogP contribution in [-0.2, 0) is 4.79 Å². The molecule has 26 heavy (non-hydrogen) atoms. The van der Waals surface area contributed by atoms with E-state index >= 15 is 0 Å². The van der Waals surface area contributed by atoms with Gasteiger partial charge in [0.25, 0.3) is 5.91 Å². The maximum atomic E-state index is 12.1. The maximum Gasteiger partial charge on any atom is 0.573 e. The molecule has 0 radical (unpaired) electrons. The number of halogens is 3. The topological polar surface area (TPSA) is 60.5 Å². The van der Waals surface area contributed by atoms with Crippen molar-refractivity contribution < 1.29 is 27.4 Å². The van der Waals surface area contributed by atoms with Crippen molar-refractivity contribution in [3.05, 3.63) is 47.5 Å². The van der Waals surface area contributed by atoms with E-state index in [0.717, 1.165) is 27.4 Å². The number of ether oxygens (including phenoxy) is 2. The summed E-state index contributed by atoms with van der Waals surface area (Å²) in [4.78, 5) is 16.3. The molecular weight excluding hydrogens is 369 g/mol. The Kier molecular flexibility index (Phi) is 4.99. The molecular formula is C17H13F3N2O3S. The van der Waals surface area contributed by atoms with Gasteiger partial charge in [0.1, 0.15) is 11.5 Å². The third-order valence-corrected chi connectivity index (χ3v) is 4.16. The number of aryl methyl sites for hydroxylation is 1. The Balaban J connectivity index is 1.54. The van der Waals surface area contributed by atoms with E-state index in [2.05, 4.69) is 15.0 Å². The van der Waals surface area contributed by atoms with E-state index in [4.69, 9.17) is 4.74 Å². The molecule has 136 valence electrons. The van der Waals surface area contributed by atoms with E-state index in [1.54, 1.807) is 23.5 Å². The van der Waals surface area contributed by atoms with E-state index < -0.39 is 12.3 Å². The Labute approximate surface area is 150 Å². The van der Waals surface area contributed by atoms with Gasteiger partial charge >= 0.3 is 6.36 Å². The number of fused-ring (bicyclic) bond motifs is 1. The van der Waals surface area contributed by atoms with Gasteiger partial charge in [-0.3, -0.25) is 4.79 Å². The number of nitrogens with one attached hydrogen (secondary N) is 1. The van der Waals surface area contributed by atoms with Crippen molar-refractivity contribution in [2.75, 3.05) is 11.9 Å². The van der Waals surface area contributed by atoms with Crippen LogP contribution in [0.4, 0.5) is 18.9 Å². The summed E-state index contributed by atoms with van der Waals surface area (Å²) < 4.78 is 46.5. The molecule has 0 spiro atoms. The number of hydrogen-bond acceptors (Lipinski definition) is 5. The predicted octanol–water partition coefficient (Wildman–Crippen LogP) is 4.52. The van der Waals surface area contributed by atoms with Gasteiger partial charge in [-0.1, -0.05) is 0 Å². The fraction of sp³-hybridized carbons (Fsp3) is 0.176. The van der Waals surface area contributed by atoms with Crippen LogP contribution in [0.1, 0.15) is 5.01 Å². The maximum absolute atomic E-state index is 12.1. The van der Waals surface area contributed by atoms with Crippen LogP contribution in [0.5, 0.6) is 11.5 Å². The molecule has 1 N–H and O–H groups in total. The van der Waals surface area contributed by atoms with Gasteiger partial charge in [-0.15, -0.1) is 24.5 Å². The molecule has 0 unspecified atom stereocenters. The summed E-state index contributed by atoms with van der Waals surface area (Å²) >= 11 is 1.56. The monoisotopic (exact) mass is 382 g/mol. The third-order valence-electron chi connectivity index (χ3n) is 3.21. The van der Waals surface area contributed by atoms with E-state index in [1.165, 1.54) is 12.1 Å². The van der Waals surface area contributed by atoms with Crippen molar-refractivity contribution in [2.45, 2.75) is 13.3 Å². The highest BCUT2D eigenvalue weighted by Gasteiger charge is 2.30. The van der Waals surface area contributed by atoms with Gasteiger partial charge < -0.3 is 14.8 Å². The highest BCUT2D eigenvalue weighted by atomic mass is 32.1. The summed E-state index contributed by atoms with van der Waals surface area (Å²) in [7, 11) is 0. The summed E-state index contributed by atoms with van der Waals surface area (Å²) in [6.07, 6.45) is -4.75. The number of nitrogens with zero attached hydrogens (tertiary/aromatic N) is 1. The molecule has 9 heteroatoms. The molecule has 0 saturated heterocycles. The molecule has 5 nitrogen and oxygen atoms in total. The zero-order chi connectivity index (χ0) is 18.7. The Morgan fingerprint density at radius 2 is 1.85 bits per heavy atom. The first kappa shape index (κ1) is 18.0. The molecule has 1 heterocycles. The van der Waals surface area contributed by atoms with Crippen molar-refractivity contribution in [1.82, 2.24) is 4.98 Å². The SMILES string of the molecule is Cc1nc2cc(OCC(=O)Nc3ccc(OC(F)(F)F)cc3)ccc2s1. The third kappa shape index (κ3) is 4.85. The van der Waals surface area contributed by atoms with Gasteiger partial charge in [0.05, 0.1) is 15.2 Å². The van der Waals surface area contributed by atoms with Crippen molar-refractivity contribution >= 4 is 33.1 Å². The summed E-state index contributed by atoms with van der Waals surface area (Å²) in [5.41, 5.74) is 1.13. The Hall–Kier alpha value is -2.81. The van der Waals surface area contributed by atoms with Gasteiger partial charge in [0, 0.05) is 11.8 Å². The molecule has 0 saturated carbocycles. The molecule has 3 aromatic rings. The average Bonchev–Trinajstić information content (AvgIpc) is 2.92. The normalized spacial score (nSPS) is 11.4. The minimum absolute atomic E-state index is 0.241. The second kappa shape index (κ2) is 7.20. The smallest absolute Gasteiger partial charge is 0.484 e. The Bertz CT molecular complexity index is 923. The van der Waals surface area contributed by atoms with Crippen LogP contribution in [-0.4, -0.2) is 23.9 Å². The number of anilines is 1. The quantitative estimate of drug-likeness (QED) is 0.705. The number of carbonyl (C=O) groups excluding carboxylic acids is 1. The van der Waals surface area contributed by atoms with E-state index in [-0.39, 0.29) is 12.4 Å². The lowest BCUT2D eigenvalue weighted by Gasteiger charge is -2.10. The van der Waals surface area contributed by atoms with Crippen LogP contribution < -0.4 is 14.8 Å². The fourth-order valence-electron chi connectivity index (χ4n) is 2.20. The van der Waals surface area contributed by atoms with Crippen LogP contribution in [0.2, 0.25) is 0 Å². The van der Waals surface area contributed by atoms with Crippen LogP contribution in [0.15, 0.2) is 42.5 Å². The van der Waals surface area contributed by atoms with Gasteiger partial charge in [-0.25, -0.2) is 4.98 Å². The summed E-state index contributed by atoms with van der Waals surface area (Å²) in [6.45, 7) is 1.67. The highest BCUT2D eigenvalue weighted by molar-refractivity contribution is 7.18. The molecule has 2 aromatic carbocycles. The number of amides is 1. The Morgan fingerprint density at radius 3 is 2.54 bits per heavy atom. The van der Waals surface area contributed by atoms with Crippen LogP contribution in [0, 0.1) is 6.92 Å². The first-order chi connectivity index (χ1) is 12.3. The number of hydrogen-bond donors (Lipinski definition) is 1. The summed E-state index contributed by atoms with van der Waals surface area (Å²) in [5, 5.41) is 3.47. The number of carbonyl (C=O) groups is 1. The van der Waals surface area contributed by atoms with E-state index in [9.17, 15) is 18.0 Å². The number of rotatable bonds is 5. The average molecular weight is 382 g/mol. The molecule has 1 aromatic heterocycles.